The molecule has 1 saturated heterocycles. The first-order valence-electron chi connectivity index (χ1n) is 8.63. The van der Waals surface area contributed by atoms with Crippen LogP contribution < -0.4 is 9.62 Å². The van der Waals surface area contributed by atoms with E-state index in [4.69, 9.17) is 11.6 Å². The number of fused-ring (bicyclic) bond motifs is 1. The van der Waals surface area contributed by atoms with E-state index in [1.54, 1.807) is 30.3 Å². The number of amides is 1. The fourth-order valence-corrected chi connectivity index (χ4v) is 4.76. The van der Waals surface area contributed by atoms with Crippen LogP contribution in [0.15, 0.2) is 65.6 Å². The van der Waals surface area contributed by atoms with Crippen LogP contribution in [0.1, 0.15) is 6.42 Å². The molecule has 0 unspecified atom stereocenters. The maximum atomic E-state index is 14.0. The first-order valence-corrected chi connectivity index (χ1v) is 10.5. The van der Waals surface area contributed by atoms with E-state index in [0.717, 1.165) is 10.8 Å². The van der Waals surface area contributed by atoms with Crippen molar-refractivity contribution >= 4 is 44.0 Å². The smallest absolute Gasteiger partial charge is 0.245 e. The third-order valence-corrected chi connectivity index (χ3v) is 6.43. The fourth-order valence-electron chi connectivity index (χ4n) is 3.32. The normalized spacial score (nSPS) is 17.4. The largest absolute Gasteiger partial charge is 0.308 e. The summed E-state index contributed by atoms with van der Waals surface area (Å²) in [6.07, 6.45) is 0.260. The number of carbonyl (C=O) groups is 1. The van der Waals surface area contributed by atoms with E-state index in [1.807, 2.05) is 0 Å². The van der Waals surface area contributed by atoms with Crippen LogP contribution in [0, 0.1) is 5.82 Å². The molecule has 1 N–H and O–H groups in total. The lowest BCUT2D eigenvalue weighted by molar-refractivity contribution is -0.118. The Morgan fingerprint density at radius 3 is 2.54 bits per heavy atom. The molecule has 0 aliphatic carbocycles. The number of nitrogens with one attached hydrogen (secondary N) is 1. The lowest BCUT2D eigenvalue weighted by atomic mass is 10.1. The molecule has 5 nitrogen and oxygen atoms in total. The third kappa shape index (κ3) is 3.48. The molecule has 0 radical (unpaired) electrons. The first-order chi connectivity index (χ1) is 13.3. The lowest BCUT2D eigenvalue weighted by Gasteiger charge is -2.18. The molecular formula is C20H16ClFN2O3S. The van der Waals surface area contributed by atoms with Crippen molar-refractivity contribution in [1.82, 2.24) is 4.72 Å². The number of nitrogens with zero attached hydrogens (tertiary/aromatic N) is 1. The van der Waals surface area contributed by atoms with Gasteiger partial charge in [-0.25, -0.2) is 12.8 Å². The second-order valence-corrected chi connectivity index (χ2v) is 8.71. The fraction of sp³-hybridized carbons (Fsp3) is 0.150. The molecule has 144 valence electrons. The maximum Gasteiger partial charge on any atom is 0.245 e. The highest BCUT2D eigenvalue weighted by molar-refractivity contribution is 7.89. The standard InChI is InChI=1S/C20H16ClFN2O3S/c21-15-7-5-14-12-16(8-6-13(14)11-15)28(26,27)23-18-9-10-24(20(18)25)19-4-2-1-3-17(19)22/h1-8,11-12,18,23H,9-10H2/t18-/m0/s1. The van der Waals surface area contributed by atoms with Crippen LogP contribution in [-0.4, -0.2) is 26.9 Å². The van der Waals surface area contributed by atoms with Crippen molar-refractivity contribution in [3.05, 3.63) is 71.5 Å². The van der Waals surface area contributed by atoms with Crippen molar-refractivity contribution in [3.63, 3.8) is 0 Å². The Morgan fingerprint density at radius 1 is 1.04 bits per heavy atom. The molecule has 4 rings (SSSR count). The van der Waals surface area contributed by atoms with Gasteiger partial charge in [0, 0.05) is 11.6 Å². The molecule has 1 aliphatic rings. The quantitative estimate of drug-likeness (QED) is 0.702. The summed E-state index contributed by atoms with van der Waals surface area (Å²) in [6.45, 7) is 0.239. The Bertz CT molecular complexity index is 1180. The Balaban J connectivity index is 1.57. The number of benzene rings is 3. The molecule has 0 aromatic heterocycles. The molecule has 1 heterocycles. The number of hydrogen-bond donors (Lipinski definition) is 1. The van der Waals surface area contributed by atoms with Crippen LogP contribution >= 0.6 is 11.6 Å². The molecule has 1 fully saturated rings. The van der Waals surface area contributed by atoms with Crippen molar-refractivity contribution in [3.8, 4) is 0 Å². The van der Waals surface area contributed by atoms with Crippen molar-refractivity contribution in [2.45, 2.75) is 17.4 Å². The van der Waals surface area contributed by atoms with Gasteiger partial charge in [-0.15, -0.1) is 0 Å². The van der Waals surface area contributed by atoms with Gasteiger partial charge < -0.3 is 4.90 Å². The summed E-state index contributed by atoms with van der Waals surface area (Å²) in [6, 6.07) is 14.8. The molecule has 3 aromatic carbocycles. The first kappa shape index (κ1) is 18.9. The lowest BCUT2D eigenvalue weighted by Crippen LogP contribution is -2.41. The van der Waals surface area contributed by atoms with E-state index < -0.39 is 27.8 Å². The third-order valence-electron chi connectivity index (χ3n) is 4.73. The van der Waals surface area contributed by atoms with Crippen LogP contribution in [0.5, 0.6) is 0 Å². The van der Waals surface area contributed by atoms with Gasteiger partial charge in [0.25, 0.3) is 0 Å². The Hall–Kier alpha value is -2.48. The number of rotatable bonds is 4. The summed E-state index contributed by atoms with van der Waals surface area (Å²) in [5.74, 6) is -0.992. The minimum absolute atomic E-state index is 0.0551. The molecule has 1 amide bonds. The monoisotopic (exact) mass is 418 g/mol. The maximum absolute atomic E-state index is 14.0. The molecule has 1 atom stereocenters. The average Bonchev–Trinajstić information content (AvgIpc) is 3.01. The SMILES string of the molecule is O=C1[C@@H](NS(=O)(=O)c2ccc3cc(Cl)ccc3c2)CCN1c1ccccc1F. The van der Waals surface area contributed by atoms with Gasteiger partial charge in [-0.1, -0.05) is 35.9 Å². The van der Waals surface area contributed by atoms with Crippen LogP contribution in [0.3, 0.4) is 0 Å². The average molecular weight is 419 g/mol. The minimum Gasteiger partial charge on any atom is -0.308 e. The summed E-state index contributed by atoms with van der Waals surface area (Å²) < 4.78 is 42.0. The Labute approximate surface area is 166 Å². The Morgan fingerprint density at radius 2 is 1.75 bits per heavy atom. The number of sulfonamides is 1. The molecular weight excluding hydrogens is 403 g/mol. The van der Waals surface area contributed by atoms with Crippen LogP contribution in [0.4, 0.5) is 10.1 Å². The zero-order valence-corrected chi connectivity index (χ0v) is 16.2. The zero-order chi connectivity index (χ0) is 19.9. The van der Waals surface area contributed by atoms with Crippen LogP contribution in [0.2, 0.25) is 5.02 Å². The molecule has 8 heteroatoms. The molecule has 0 saturated carbocycles. The summed E-state index contributed by atoms with van der Waals surface area (Å²) in [4.78, 5) is 14.0. The second-order valence-electron chi connectivity index (χ2n) is 6.56. The van der Waals surface area contributed by atoms with E-state index in [-0.39, 0.29) is 23.5 Å². The predicted octanol–water partition coefficient (Wildman–Crippen LogP) is 3.72. The van der Waals surface area contributed by atoms with Crippen LogP contribution in [-0.2, 0) is 14.8 Å². The van der Waals surface area contributed by atoms with Gasteiger partial charge in [-0.05, 0) is 53.6 Å². The number of para-hydroxylation sites is 1. The van der Waals surface area contributed by atoms with E-state index in [1.165, 1.54) is 35.2 Å². The summed E-state index contributed by atoms with van der Waals surface area (Å²) in [5.41, 5.74) is 0.150. The van der Waals surface area contributed by atoms with Gasteiger partial charge in [0.15, 0.2) is 0 Å². The summed E-state index contributed by atoms with van der Waals surface area (Å²) >= 11 is 5.95. The van der Waals surface area contributed by atoms with Crippen molar-refractivity contribution in [2.24, 2.45) is 0 Å². The topological polar surface area (TPSA) is 66.5 Å². The molecule has 28 heavy (non-hydrogen) atoms. The molecule has 3 aromatic rings. The van der Waals surface area contributed by atoms with Gasteiger partial charge in [0.05, 0.1) is 10.6 Å². The van der Waals surface area contributed by atoms with Gasteiger partial charge >= 0.3 is 0 Å². The number of halogens is 2. The van der Waals surface area contributed by atoms with Crippen molar-refractivity contribution in [2.75, 3.05) is 11.4 Å². The van der Waals surface area contributed by atoms with Gasteiger partial charge in [0.2, 0.25) is 15.9 Å². The zero-order valence-electron chi connectivity index (χ0n) is 14.6. The number of hydrogen-bond acceptors (Lipinski definition) is 3. The van der Waals surface area contributed by atoms with Crippen molar-refractivity contribution in [1.29, 1.82) is 0 Å². The van der Waals surface area contributed by atoms with Gasteiger partial charge in [-0.3, -0.25) is 4.79 Å². The van der Waals surface area contributed by atoms with Gasteiger partial charge in [-0.2, -0.15) is 4.72 Å². The van der Waals surface area contributed by atoms with Gasteiger partial charge in [0.1, 0.15) is 11.9 Å². The van der Waals surface area contributed by atoms with E-state index in [2.05, 4.69) is 4.72 Å². The Kier molecular flexibility index (Phi) is 4.82. The van der Waals surface area contributed by atoms with E-state index in [0.29, 0.717) is 5.02 Å². The molecule has 0 bridgehead atoms. The predicted molar refractivity (Wildman–Crippen MR) is 106 cm³/mol. The van der Waals surface area contributed by atoms with E-state index in [9.17, 15) is 17.6 Å². The van der Waals surface area contributed by atoms with E-state index >= 15 is 0 Å². The highest BCUT2D eigenvalue weighted by Gasteiger charge is 2.36. The number of anilines is 1. The summed E-state index contributed by atoms with van der Waals surface area (Å²) in [5, 5.41) is 2.10. The second kappa shape index (κ2) is 7.16. The number of carbonyl (C=O) groups excluding carboxylic acids is 1. The van der Waals surface area contributed by atoms with Crippen LogP contribution in [0.25, 0.3) is 10.8 Å². The highest BCUT2D eigenvalue weighted by Crippen LogP contribution is 2.26. The van der Waals surface area contributed by atoms with Crippen molar-refractivity contribution < 1.29 is 17.6 Å². The highest BCUT2D eigenvalue weighted by atomic mass is 35.5. The minimum atomic E-state index is -3.92. The molecule has 1 aliphatic heterocycles. The summed E-state index contributed by atoms with van der Waals surface area (Å²) in [7, 11) is -3.92. The molecule has 0 spiro atoms.